The molecule has 3 N–H and O–H groups in total. The fourth-order valence-electron chi connectivity index (χ4n) is 3.61. The lowest BCUT2D eigenvalue weighted by Crippen LogP contribution is -2.23. The monoisotopic (exact) mass is 534 g/mol. The van der Waals surface area contributed by atoms with Gasteiger partial charge in [-0.1, -0.05) is 17.7 Å². The van der Waals surface area contributed by atoms with E-state index in [1.165, 1.54) is 11.6 Å². The molecule has 0 aliphatic rings. The quantitative estimate of drug-likeness (QED) is 0.404. The lowest BCUT2D eigenvalue weighted by atomic mass is 10.1. The number of alkyl halides is 3. The van der Waals surface area contributed by atoms with Gasteiger partial charge >= 0.3 is 18.1 Å². The largest absolute Gasteiger partial charge is 0.490 e. The van der Waals surface area contributed by atoms with E-state index in [4.69, 9.17) is 9.90 Å². The number of anilines is 2. The molecule has 204 valence electrons. The van der Waals surface area contributed by atoms with E-state index < -0.39 is 18.1 Å². The normalized spacial score (nSPS) is 10.8. The second kappa shape index (κ2) is 12.3. The highest BCUT2D eigenvalue weighted by atomic mass is 19.4. The summed E-state index contributed by atoms with van der Waals surface area (Å²) >= 11 is 0. The van der Waals surface area contributed by atoms with E-state index in [9.17, 15) is 27.9 Å². The molecule has 0 spiro atoms. The summed E-state index contributed by atoms with van der Waals surface area (Å²) in [6, 6.07) is 12.2. The number of likely N-dealkylation sites (N-methyl/N-ethyl adjacent to an activating group) is 1. The molecule has 0 saturated carbocycles. The number of carbonyl (C=O) groups is 3. The first-order valence-electron chi connectivity index (χ1n) is 11.4. The molecule has 9 nitrogen and oxygen atoms in total. The Balaban J connectivity index is 0.000000638. The minimum atomic E-state index is -5.08. The average Bonchev–Trinajstić information content (AvgIpc) is 3.08. The molecule has 3 aromatic rings. The van der Waals surface area contributed by atoms with Crippen LogP contribution >= 0.6 is 0 Å². The number of carboxylic acids is 2. The minimum Gasteiger partial charge on any atom is -0.478 e. The molecular weight excluding hydrogens is 505 g/mol. The van der Waals surface area contributed by atoms with Crippen LogP contribution in [0.2, 0.25) is 0 Å². The number of aliphatic carboxylic acids is 1. The smallest absolute Gasteiger partial charge is 0.478 e. The van der Waals surface area contributed by atoms with Crippen LogP contribution < -0.4 is 10.2 Å². The molecule has 2 aromatic carbocycles. The molecule has 0 aliphatic heterocycles. The zero-order valence-corrected chi connectivity index (χ0v) is 21.6. The number of halogens is 3. The maximum Gasteiger partial charge on any atom is 0.490 e. The first-order valence-corrected chi connectivity index (χ1v) is 11.4. The van der Waals surface area contributed by atoms with Crippen LogP contribution in [0.15, 0.2) is 42.5 Å². The van der Waals surface area contributed by atoms with E-state index in [1.807, 2.05) is 56.6 Å². The number of hydrogen-bond donors (Lipinski definition) is 3. The van der Waals surface area contributed by atoms with Crippen molar-refractivity contribution in [3.05, 3.63) is 76.1 Å². The van der Waals surface area contributed by atoms with Crippen LogP contribution in [0.3, 0.4) is 0 Å². The van der Waals surface area contributed by atoms with Gasteiger partial charge in [-0.05, 0) is 63.1 Å². The van der Waals surface area contributed by atoms with E-state index in [0.717, 1.165) is 23.4 Å². The van der Waals surface area contributed by atoms with E-state index in [1.54, 1.807) is 24.3 Å². The minimum absolute atomic E-state index is 0.142. The van der Waals surface area contributed by atoms with E-state index >= 15 is 0 Å². The number of amides is 1. The van der Waals surface area contributed by atoms with Gasteiger partial charge in [-0.2, -0.15) is 18.3 Å². The van der Waals surface area contributed by atoms with E-state index in [2.05, 4.69) is 10.4 Å². The highest BCUT2D eigenvalue weighted by Gasteiger charge is 2.38. The summed E-state index contributed by atoms with van der Waals surface area (Å²) < 4.78 is 33.6. The van der Waals surface area contributed by atoms with Crippen molar-refractivity contribution in [2.75, 3.05) is 23.8 Å². The fourth-order valence-corrected chi connectivity index (χ4v) is 3.61. The molecule has 1 amide bonds. The summed E-state index contributed by atoms with van der Waals surface area (Å²) in [5.74, 6) is -4.07. The molecule has 0 fully saturated rings. The summed E-state index contributed by atoms with van der Waals surface area (Å²) in [5, 5.41) is 24.1. The summed E-state index contributed by atoms with van der Waals surface area (Å²) in [6.07, 6.45) is -4.33. The van der Waals surface area contributed by atoms with E-state index in [0.29, 0.717) is 23.5 Å². The van der Waals surface area contributed by atoms with Gasteiger partial charge in [-0.3, -0.25) is 9.48 Å². The van der Waals surface area contributed by atoms with Crippen LogP contribution in [0.25, 0.3) is 0 Å². The van der Waals surface area contributed by atoms with Crippen molar-refractivity contribution in [2.45, 2.75) is 33.4 Å². The number of rotatable bonds is 7. The molecule has 0 aliphatic carbocycles. The van der Waals surface area contributed by atoms with Gasteiger partial charge < -0.3 is 20.4 Å². The molecule has 1 aromatic heterocycles. The van der Waals surface area contributed by atoms with Gasteiger partial charge in [-0.15, -0.1) is 0 Å². The van der Waals surface area contributed by atoms with Gasteiger partial charge in [0.1, 0.15) is 0 Å². The molecular formula is C26H29F3N4O5. The van der Waals surface area contributed by atoms with Crippen LogP contribution in [0.4, 0.5) is 24.5 Å². The Labute approximate surface area is 217 Å². The summed E-state index contributed by atoms with van der Waals surface area (Å²) in [6.45, 7) is 6.61. The Hall–Kier alpha value is -4.35. The Morgan fingerprint density at radius 3 is 2.08 bits per heavy atom. The number of carbonyl (C=O) groups excluding carboxylic acids is 1. The number of aromatic nitrogens is 2. The van der Waals surface area contributed by atoms with Gasteiger partial charge in [0.15, 0.2) is 0 Å². The second-order valence-electron chi connectivity index (χ2n) is 8.60. The second-order valence-corrected chi connectivity index (χ2v) is 8.60. The SMILES string of the molecule is Cc1ccc(C(=O)Nc2ccc(N(C)CCc3c(C)nn(C)c3C)c(C(=O)O)c2)cc1.O=C(O)C(F)(F)F. The predicted molar refractivity (Wildman–Crippen MR) is 136 cm³/mol. The van der Waals surface area contributed by atoms with Gasteiger partial charge in [-0.25, -0.2) is 9.59 Å². The number of nitrogens with one attached hydrogen (secondary N) is 1. The molecule has 0 saturated heterocycles. The van der Waals surface area contributed by atoms with Crippen LogP contribution in [0.1, 0.15) is 43.2 Å². The van der Waals surface area contributed by atoms with Gasteiger partial charge in [0, 0.05) is 37.6 Å². The van der Waals surface area contributed by atoms with Crippen LogP contribution in [0, 0.1) is 20.8 Å². The third kappa shape index (κ3) is 7.82. The number of benzene rings is 2. The number of aromatic carboxylic acids is 1. The summed E-state index contributed by atoms with van der Waals surface area (Å²) in [4.78, 5) is 35.2. The number of nitrogens with zero attached hydrogens (tertiary/aromatic N) is 3. The molecule has 0 bridgehead atoms. The topological polar surface area (TPSA) is 125 Å². The molecule has 0 atom stereocenters. The highest BCUT2D eigenvalue weighted by molar-refractivity contribution is 6.05. The number of hydrogen-bond acceptors (Lipinski definition) is 5. The van der Waals surface area contributed by atoms with Crippen molar-refractivity contribution < 1.29 is 37.8 Å². The van der Waals surface area contributed by atoms with Gasteiger partial charge in [0.2, 0.25) is 0 Å². The van der Waals surface area contributed by atoms with Crippen LogP contribution in [-0.4, -0.2) is 57.6 Å². The molecule has 3 rings (SSSR count). The number of aryl methyl sites for hydroxylation is 3. The standard InChI is InChI=1S/C24H28N4O3.C2HF3O2/c1-15-6-8-18(9-7-15)23(29)25-19-10-11-22(21(14-19)24(30)31)27(4)13-12-20-16(2)26-28(5)17(20)3;3-2(4,5)1(6)7/h6-11,14H,12-13H2,1-5H3,(H,25,29)(H,30,31);(H,6,7). The van der Waals surface area contributed by atoms with Gasteiger partial charge in [0.25, 0.3) is 5.91 Å². The highest BCUT2D eigenvalue weighted by Crippen LogP contribution is 2.25. The Morgan fingerprint density at radius 2 is 1.61 bits per heavy atom. The van der Waals surface area contributed by atoms with Crippen LogP contribution in [0.5, 0.6) is 0 Å². The summed E-state index contributed by atoms with van der Waals surface area (Å²) in [5.41, 5.74) is 6.04. The van der Waals surface area contributed by atoms with Gasteiger partial charge in [0.05, 0.1) is 16.9 Å². The van der Waals surface area contributed by atoms with Crippen molar-refractivity contribution in [1.82, 2.24) is 9.78 Å². The Kier molecular flexibility index (Phi) is 9.64. The van der Waals surface area contributed by atoms with Crippen molar-refractivity contribution in [3.63, 3.8) is 0 Å². The third-order valence-corrected chi connectivity index (χ3v) is 5.81. The van der Waals surface area contributed by atoms with Crippen molar-refractivity contribution >= 4 is 29.2 Å². The predicted octanol–water partition coefficient (Wildman–Crippen LogP) is 4.61. The lowest BCUT2D eigenvalue weighted by Gasteiger charge is -2.22. The summed E-state index contributed by atoms with van der Waals surface area (Å²) in [7, 11) is 3.79. The maximum absolute atomic E-state index is 12.5. The Morgan fingerprint density at radius 1 is 1.03 bits per heavy atom. The fraction of sp³-hybridized carbons (Fsp3) is 0.308. The maximum atomic E-state index is 12.5. The van der Waals surface area contributed by atoms with Crippen molar-refractivity contribution in [3.8, 4) is 0 Å². The van der Waals surface area contributed by atoms with E-state index in [-0.39, 0.29) is 11.5 Å². The third-order valence-electron chi connectivity index (χ3n) is 5.81. The van der Waals surface area contributed by atoms with Crippen LogP contribution in [-0.2, 0) is 18.3 Å². The number of carboxylic acid groups (broad SMARTS) is 2. The zero-order chi connectivity index (χ0) is 28.8. The Bertz CT molecular complexity index is 1320. The lowest BCUT2D eigenvalue weighted by molar-refractivity contribution is -0.192. The first-order chi connectivity index (χ1) is 17.6. The van der Waals surface area contributed by atoms with Crippen molar-refractivity contribution in [2.24, 2.45) is 7.05 Å². The first kappa shape index (κ1) is 29.9. The molecule has 38 heavy (non-hydrogen) atoms. The average molecular weight is 535 g/mol. The molecule has 12 heteroatoms. The zero-order valence-electron chi connectivity index (χ0n) is 21.6. The molecule has 0 radical (unpaired) electrons. The van der Waals surface area contributed by atoms with Crippen molar-refractivity contribution in [1.29, 1.82) is 0 Å². The molecule has 0 unspecified atom stereocenters. The molecule has 1 heterocycles.